The Bertz CT molecular complexity index is 606. The Hall–Kier alpha value is -2.08. The van der Waals surface area contributed by atoms with Crippen LogP contribution < -0.4 is 15.0 Å². The van der Waals surface area contributed by atoms with E-state index >= 15 is 0 Å². The van der Waals surface area contributed by atoms with Gasteiger partial charge in [0.2, 0.25) is 5.89 Å². The Balaban J connectivity index is 1.64. The lowest BCUT2D eigenvalue weighted by molar-refractivity contribution is 0.393. The van der Waals surface area contributed by atoms with E-state index in [-0.39, 0.29) is 0 Å². The average Bonchev–Trinajstić information content (AvgIpc) is 3.04. The minimum atomic E-state index is 0.520. The summed E-state index contributed by atoms with van der Waals surface area (Å²) in [7, 11) is 3.60. The molecular formula is C16H22N4O2. The van der Waals surface area contributed by atoms with Crippen LogP contribution in [-0.4, -0.2) is 37.4 Å². The van der Waals surface area contributed by atoms with Crippen molar-refractivity contribution >= 4 is 6.01 Å². The van der Waals surface area contributed by atoms with E-state index < -0.39 is 0 Å². The van der Waals surface area contributed by atoms with Crippen LogP contribution in [-0.2, 0) is 6.54 Å². The number of methoxy groups -OCH3 is 1. The standard InChI is InChI=1S/C16H22N4O2/c1-17-11-15-18-19-16(22-15)20-9-7-12(8-10-20)13-5-3-4-6-14(13)21-2/h3-6,12,17H,7-11H2,1-2H3. The second kappa shape index (κ2) is 6.79. The third-order valence-corrected chi connectivity index (χ3v) is 4.13. The zero-order chi connectivity index (χ0) is 15.4. The Morgan fingerprint density at radius 3 is 2.77 bits per heavy atom. The van der Waals surface area contributed by atoms with Crippen LogP contribution in [0.2, 0.25) is 0 Å². The SMILES string of the molecule is CNCc1nnc(N2CCC(c3ccccc3OC)CC2)o1. The highest BCUT2D eigenvalue weighted by molar-refractivity contribution is 5.37. The summed E-state index contributed by atoms with van der Waals surface area (Å²) in [4.78, 5) is 2.16. The number of aromatic nitrogens is 2. The highest BCUT2D eigenvalue weighted by Crippen LogP contribution is 2.34. The lowest BCUT2D eigenvalue weighted by atomic mass is 9.89. The molecule has 6 nitrogen and oxygen atoms in total. The normalized spacial score (nSPS) is 16.0. The molecule has 0 radical (unpaired) electrons. The summed E-state index contributed by atoms with van der Waals surface area (Å²) in [6.07, 6.45) is 2.12. The molecule has 0 amide bonds. The van der Waals surface area contributed by atoms with Crippen LogP contribution in [0.1, 0.15) is 30.2 Å². The predicted molar refractivity (Wildman–Crippen MR) is 84.2 cm³/mol. The summed E-state index contributed by atoms with van der Waals surface area (Å²) in [5.74, 6) is 2.13. The molecule has 0 spiro atoms. The number of nitrogens with zero attached hydrogens (tertiary/aromatic N) is 3. The Labute approximate surface area is 130 Å². The van der Waals surface area contributed by atoms with E-state index in [9.17, 15) is 0 Å². The molecule has 3 rings (SSSR count). The molecule has 0 aliphatic carbocycles. The van der Waals surface area contributed by atoms with Crippen molar-refractivity contribution in [3.63, 3.8) is 0 Å². The molecule has 1 saturated heterocycles. The summed E-state index contributed by atoms with van der Waals surface area (Å²) in [5.41, 5.74) is 1.30. The van der Waals surface area contributed by atoms with E-state index in [1.165, 1.54) is 5.56 Å². The number of piperidine rings is 1. The van der Waals surface area contributed by atoms with Crippen molar-refractivity contribution in [1.29, 1.82) is 0 Å². The van der Waals surface area contributed by atoms with E-state index in [0.29, 0.717) is 24.4 Å². The summed E-state index contributed by atoms with van der Waals surface area (Å²) in [5, 5.41) is 11.2. The Kier molecular flexibility index (Phi) is 4.58. The predicted octanol–water partition coefficient (Wildman–Crippen LogP) is 2.18. The number of rotatable bonds is 5. The summed E-state index contributed by atoms with van der Waals surface area (Å²) in [6.45, 7) is 2.44. The summed E-state index contributed by atoms with van der Waals surface area (Å²) in [6, 6.07) is 8.91. The van der Waals surface area contributed by atoms with Gasteiger partial charge < -0.3 is 19.4 Å². The van der Waals surface area contributed by atoms with Crippen LogP contribution in [0.25, 0.3) is 0 Å². The van der Waals surface area contributed by atoms with Gasteiger partial charge in [0.15, 0.2) is 0 Å². The molecule has 6 heteroatoms. The van der Waals surface area contributed by atoms with Gasteiger partial charge in [-0.3, -0.25) is 0 Å². The Morgan fingerprint density at radius 2 is 2.05 bits per heavy atom. The number of hydrogen-bond donors (Lipinski definition) is 1. The fourth-order valence-electron chi connectivity index (χ4n) is 2.98. The highest BCUT2D eigenvalue weighted by Gasteiger charge is 2.25. The van der Waals surface area contributed by atoms with Gasteiger partial charge in [-0.1, -0.05) is 23.3 Å². The van der Waals surface area contributed by atoms with Crippen LogP contribution in [0.3, 0.4) is 0 Å². The molecule has 0 saturated carbocycles. The van der Waals surface area contributed by atoms with E-state index in [2.05, 4.69) is 32.5 Å². The molecule has 2 aromatic rings. The summed E-state index contributed by atoms with van der Waals surface area (Å²) < 4.78 is 11.1. The quantitative estimate of drug-likeness (QED) is 0.913. The topological polar surface area (TPSA) is 63.4 Å². The number of anilines is 1. The molecule has 1 N–H and O–H groups in total. The molecule has 22 heavy (non-hydrogen) atoms. The van der Waals surface area contributed by atoms with Crippen molar-refractivity contribution in [1.82, 2.24) is 15.5 Å². The third-order valence-electron chi connectivity index (χ3n) is 4.13. The lowest BCUT2D eigenvalue weighted by Crippen LogP contribution is -2.33. The third kappa shape index (κ3) is 3.06. The molecule has 118 valence electrons. The van der Waals surface area contributed by atoms with Crippen LogP contribution in [0.4, 0.5) is 6.01 Å². The molecule has 0 bridgehead atoms. The Morgan fingerprint density at radius 1 is 1.27 bits per heavy atom. The fourth-order valence-corrected chi connectivity index (χ4v) is 2.98. The van der Waals surface area contributed by atoms with Crippen LogP contribution in [0.15, 0.2) is 28.7 Å². The largest absolute Gasteiger partial charge is 0.496 e. The van der Waals surface area contributed by atoms with Gasteiger partial charge in [0, 0.05) is 13.1 Å². The van der Waals surface area contributed by atoms with Crippen molar-refractivity contribution in [3.8, 4) is 5.75 Å². The van der Waals surface area contributed by atoms with Gasteiger partial charge in [0.05, 0.1) is 13.7 Å². The average molecular weight is 302 g/mol. The monoisotopic (exact) mass is 302 g/mol. The van der Waals surface area contributed by atoms with Gasteiger partial charge in [0.1, 0.15) is 5.75 Å². The molecule has 1 aromatic carbocycles. The minimum Gasteiger partial charge on any atom is -0.496 e. The van der Waals surface area contributed by atoms with E-state index in [1.54, 1.807) is 7.11 Å². The maximum atomic E-state index is 5.67. The number of hydrogen-bond acceptors (Lipinski definition) is 6. The fraction of sp³-hybridized carbons (Fsp3) is 0.500. The van der Waals surface area contributed by atoms with Gasteiger partial charge in [-0.2, -0.15) is 0 Å². The smallest absolute Gasteiger partial charge is 0.318 e. The van der Waals surface area contributed by atoms with Gasteiger partial charge >= 0.3 is 6.01 Å². The van der Waals surface area contributed by atoms with Gasteiger partial charge in [0.25, 0.3) is 0 Å². The van der Waals surface area contributed by atoms with Gasteiger partial charge in [-0.05, 0) is 37.4 Å². The molecule has 0 unspecified atom stereocenters. The van der Waals surface area contributed by atoms with E-state index in [4.69, 9.17) is 9.15 Å². The van der Waals surface area contributed by atoms with Crippen LogP contribution >= 0.6 is 0 Å². The first-order valence-electron chi connectivity index (χ1n) is 7.66. The number of nitrogens with one attached hydrogen (secondary N) is 1. The van der Waals surface area contributed by atoms with Gasteiger partial charge in [-0.25, -0.2) is 0 Å². The summed E-state index contributed by atoms with van der Waals surface area (Å²) >= 11 is 0. The molecule has 1 fully saturated rings. The molecule has 2 heterocycles. The van der Waals surface area contributed by atoms with E-state index in [1.807, 2.05) is 19.2 Å². The van der Waals surface area contributed by atoms with Crippen molar-refractivity contribution in [2.45, 2.75) is 25.3 Å². The van der Waals surface area contributed by atoms with Crippen molar-refractivity contribution < 1.29 is 9.15 Å². The first-order valence-corrected chi connectivity index (χ1v) is 7.66. The highest BCUT2D eigenvalue weighted by atomic mass is 16.5. The van der Waals surface area contributed by atoms with Crippen LogP contribution in [0, 0.1) is 0 Å². The first kappa shape index (κ1) is 14.8. The second-order valence-electron chi connectivity index (χ2n) is 5.51. The molecule has 1 aromatic heterocycles. The van der Waals surface area contributed by atoms with Crippen molar-refractivity contribution in [2.75, 3.05) is 32.1 Å². The van der Waals surface area contributed by atoms with Crippen LogP contribution in [0.5, 0.6) is 5.75 Å². The molecule has 1 aliphatic heterocycles. The maximum Gasteiger partial charge on any atom is 0.318 e. The molecular weight excluding hydrogens is 280 g/mol. The first-order chi connectivity index (χ1) is 10.8. The zero-order valence-corrected chi connectivity index (χ0v) is 13.1. The number of para-hydroxylation sites is 1. The lowest BCUT2D eigenvalue weighted by Gasteiger charge is -2.31. The molecule has 0 atom stereocenters. The number of ether oxygens (including phenoxy) is 1. The number of benzene rings is 1. The van der Waals surface area contributed by atoms with Gasteiger partial charge in [-0.15, -0.1) is 5.10 Å². The van der Waals surface area contributed by atoms with E-state index in [0.717, 1.165) is 31.7 Å². The van der Waals surface area contributed by atoms with Crippen molar-refractivity contribution in [3.05, 3.63) is 35.7 Å². The second-order valence-corrected chi connectivity index (χ2v) is 5.51. The van der Waals surface area contributed by atoms with Crippen molar-refractivity contribution in [2.24, 2.45) is 0 Å². The molecule has 1 aliphatic rings. The maximum absolute atomic E-state index is 5.67. The zero-order valence-electron chi connectivity index (χ0n) is 13.1. The minimum absolute atomic E-state index is 0.520.